The quantitative estimate of drug-likeness (QED) is 0.606. The Labute approximate surface area is 96.2 Å². The van der Waals surface area contributed by atoms with Crippen LogP contribution in [-0.2, 0) is 0 Å². The van der Waals surface area contributed by atoms with Gasteiger partial charge in [0, 0.05) is 49.4 Å². The minimum Gasteiger partial charge on any atom is -0.497 e. The molecule has 2 rings (SSSR count). The summed E-state index contributed by atoms with van der Waals surface area (Å²) in [6.07, 6.45) is 1.83. The van der Waals surface area contributed by atoms with Gasteiger partial charge in [0.2, 0.25) is 0 Å². The number of hydrogen-bond acceptors (Lipinski definition) is 3. The van der Waals surface area contributed by atoms with Crippen LogP contribution < -0.4 is 15.4 Å². The largest absolute Gasteiger partial charge is 0.497 e. The summed E-state index contributed by atoms with van der Waals surface area (Å²) in [5.74, 6) is 7.08. The van der Waals surface area contributed by atoms with Crippen LogP contribution in [0.3, 0.4) is 0 Å². The van der Waals surface area contributed by atoms with Crippen LogP contribution in [0.1, 0.15) is 12.8 Å². The third-order valence-corrected chi connectivity index (χ3v) is 2.65. The van der Waals surface area contributed by atoms with Crippen molar-refractivity contribution in [2.75, 3.05) is 30.8 Å². The van der Waals surface area contributed by atoms with Gasteiger partial charge in [-0.2, -0.15) is 0 Å². The van der Waals surface area contributed by atoms with Crippen molar-refractivity contribution in [1.82, 2.24) is 0 Å². The second-order valence-electron chi connectivity index (χ2n) is 3.80. The standard InChI is InChI=1S/C13H16N2O/c1-16-13-9-11(14)8-12(10-13)15-6-4-2-3-5-7-15/h8-10H,4-7,14H2,1H3. The number of benzene rings is 1. The lowest BCUT2D eigenvalue weighted by molar-refractivity contribution is 0.415. The third-order valence-electron chi connectivity index (χ3n) is 2.65. The lowest BCUT2D eigenvalue weighted by Crippen LogP contribution is -2.24. The van der Waals surface area contributed by atoms with Crippen molar-refractivity contribution in [3.8, 4) is 17.6 Å². The highest BCUT2D eigenvalue weighted by Gasteiger charge is 2.09. The highest BCUT2D eigenvalue weighted by molar-refractivity contribution is 5.60. The topological polar surface area (TPSA) is 38.5 Å². The third kappa shape index (κ3) is 2.40. The molecule has 0 bridgehead atoms. The minimum atomic E-state index is 0.736. The first-order valence-electron chi connectivity index (χ1n) is 5.45. The molecule has 1 aromatic rings. The summed E-state index contributed by atoms with van der Waals surface area (Å²) in [5.41, 5.74) is 7.69. The molecule has 0 aliphatic carbocycles. The highest BCUT2D eigenvalue weighted by Crippen LogP contribution is 2.26. The second kappa shape index (κ2) is 4.80. The first-order valence-corrected chi connectivity index (χ1v) is 5.45. The lowest BCUT2D eigenvalue weighted by Gasteiger charge is -2.23. The van der Waals surface area contributed by atoms with Crippen LogP contribution in [0, 0.1) is 11.8 Å². The maximum absolute atomic E-state index is 5.84. The van der Waals surface area contributed by atoms with Gasteiger partial charge in [-0.1, -0.05) is 0 Å². The van der Waals surface area contributed by atoms with Gasteiger partial charge in [0.05, 0.1) is 7.11 Å². The monoisotopic (exact) mass is 216 g/mol. The van der Waals surface area contributed by atoms with Gasteiger partial charge in [-0.25, -0.2) is 0 Å². The fraction of sp³-hybridized carbons (Fsp3) is 0.385. The molecule has 3 heteroatoms. The molecule has 0 fully saturated rings. The van der Waals surface area contributed by atoms with Gasteiger partial charge in [0.15, 0.2) is 0 Å². The Kier molecular flexibility index (Phi) is 3.21. The molecular weight excluding hydrogens is 200 g/mol. The zero-order chi connectivity index (χ0) is 11.4. The Morgan fingerprint density at radius 1 is 1.19 bits per heavy atom. The normalized spacial score (nSPS) is 14.9. The zero-order valence-electron chi connectivity index (χ0n) is 9.49. The van der Waals surface area contributed by atoms with E-state index in [1.54, 1.807) is 7.11 Å². The van der Waals surface area contributed by atoms with Gasteiger partial charge in [-0.15, -0.1) is 11.8 Å². The fourth-order valence-corrected chi connectivity index (χ4v) is 1.83. The van der Waals surface area contributed by atoms with Crippen LogP contribution in [0.4, 0.5) is 11.4 Å². The van der Waals surface area contributed by atoms with Crippen LogP contribution in [0.15, 0.2) is 18.2 Å². The average molecular weight is 216 g/mol. The maximum Gasteiger partial charge on any atom is 0.122 e. The first kappa shape index (κ1) is 10.7. The Morgan fingerprint density at radius 2 is 1.88 bits per heavy atom. The van der Waals surface area contributed by atoms with Crippen molar-refractivity contribution in [3.63, 3.8) is 0 Å². The van der Waals surface area contributed by atoms with E-state index in [1.807, 2.05) is 18.2 Å². The molecule has 0 spiro atoms. The van der Waals surface area contributed by atoms with Crippen molar-refractivity contribution in [2.24, 2.45) is 0 Å². The molecule has 16 heavy (non-hydrogen) atoms. The molecule has 1 aliphatic heterocycles. The molecule has 0 unspecified atom stereocenters. The van der Waals surface area contributed by atoms with E-state index in [1.165, 1.54) is 0 Å². The molecule has 0 radical (unpaired) electrons. The summed E-state index contributed by atoms with van der Waals surface area (Å²) in [5, 5.41) is 0. The number of rotatable bonds is 2. The summed E-state index contributed by atoms with van der Waals surface area (Å²) in [4.78, 5) is 2.28. The summed E-state index contributed by atoms with van der Waals surface area (Å²) in [6, 6.07) is 5.83. The lowest BCUT2D eigenvalue weighted by atomic mass is 10.2. The number of nitrogens with two attached hydrogens (primary N) is 1. The molecular formula is C13H16N2O. The SMILES string of the molecule is COc1cc(N)cc(N2CCC#CCC2)c1. The Hall–Kier alpha value is -1.82. The van der Waals surface area contributed by atoms with Crippen molar-refractivity contribution in [2.45, 2.75) is 12.8 Å². The van der Waals surface area contributed by atoms with Gasteiger partial charge in [-0.3, -0.25) is 0 Å². The molecule has 1 aliphatic rings. The minimum absolute atomic E-state index is 0.736. The van der Waals surface area contributed by atoms with Gasteiger partial charge in [0.1, 0.15) is 5.75 Å². The van der Waals surface area contributed by atoms with E-state index in [0.29, 0.717) is 0 Å². The van der Waals surface area contributed by atoms with Crippen LogP contribution in [0.25, 0.3) is 0 Å². The maximum atomic E-state index is 5.84. The molecule has 1 aromatic carbocycles. The van der Waals surface area contributed by atoms with Gasteiger partial charge >= 0.3 is 0 Å². The van der Waals surface area contributed by atoms with Gasteiger partial charge in [0.25, 0.3) is 0 Å². The van der Waals surface area contributed by atoms with E-state index in [0.717, 1.165) is 43.1 Å². The Bertz CT molecular complexity index is 419. The number of hydrogen-bond donors (Lipinski definition) is 1. The first-order chi connectivity index (χ1) is 7.79. The van der Waals surface area contributed by atoms with Crippen molar-refractivity contribution >= 4 is 11.4 Å². The van der Waals surface area contributed by atoms with Gasteiger partial charge in [-0.05, 0) is 6.07 Å². The molecule has 2 N–H and O–H groups in total. The molecule has 1 heterocycles. The molecule has 0 saturated carbocycles. The van der Waals surface area contributed by atoms with E-state index in [-0.39, 0.29) is 0 Å². The zero-order valence-corrected chi connectivity index (χ0v) is 9.49. The molecule has 0 atom stereocenters. The summed E-state index contributed by atoms with van der Waals surface area (Å²) >= 11 is 0. The van der Waals surface area contributed by atoms with Crippen molar-refractivity contribution < 1.29 is 4.74 Å². The average Bonchev–Trinajstić information content (AvgIpc) is 2.56. The second-order valence-corrected chi connectivity index (χ2v) is 3.80. The number of anilines is 2. The van der Waals surface area contributed by atoms with E-state index in [4.69, 9.17) is 10.5 Å². The van der Waals surface area contributed by atoms with Gasteiger partial charge < -0.3 is 15.4 Å². The number of nitrogens with zero attached hydrogens (tertiary/aromatic N) is 1. The van der Waals surface area contributed by atoms with Crippen molar-refractivity contribution in [1.29, 1.82) is 0 Å². The Morgan fingerprint density at radius 3 is 2.50 bits per heavy atom. The Balaban J connectivity index is 2.22. The molecule has 0 amide bonds. The molecule has 3 nitrogen and oxygen atoms in total. The predicted molar refractivity (Wildman–Crippen MR) is 66.6 cm³/mol. The smallest absolute Gasteiger partial charge is 0.122 e. The fourth-order valence-electron chi connectivity index (χ4n) is 1.83. The van der Waals surface area contributed by atoms with Crippen LogP contribution in [-0.4, -0.2) is 20.2 Å². The molecule has 0 saturated heterocycles. The molecule has 0 aromatic heterocycles. The van der Waals surface area contributed by atoms with Crippen LogP contribution in [0.2, 0.25) is 0 Å². The number of methoxy groups -OCH3 is 1. The summed E-state index contributed by atoms with van der Waals surface area (Å²) in [6.45, 7) is 1.92. The van der Waals surface area contributed by atoms with Crippen LogP contribution >= 0.6 is 0 Å². The molecule has 84 valence electrons. The summed E-state index contributed by atoms with van der Waals surface area (Å²) < 4.78 is 5.22. The number of ether oxygens (including phenoxy) is 1. The van der Waals surface area contributed by atoms with E-state index in [2.05, 4.69) is 16.7 Å². The van der Waals surface area contributed by atoms with E-state index in [9.17, 15) is 0 Å². The van der Waals surface area contributed by atoms with Crippen molar-refractivity contribution in [3.05, 3.63) is 18.2 Å². The van der Waals surface area contributed by atoms with E-state index >= 15 is 0 Å². The van der Waals surface area contributed by atoms with Crippen LogP contribution in [0.5, 0.6) is 5.75 Å². The predicted octanol–water partition coefficient (Wildman–Crippen LogP) is 1.88. The number of nitrogen functional groups attached to an aromatic ring is 1. The summed E-state index contributed by atoms with van der Waals surface area (Å²) in [7, 11) is 1.66. The van der Waals surface area contributed by atoms with E-state index < -0.39 is 0 Å². The highest BCUT2D eigenvalue weighted by atomic mass is 16.5.